The van der Waals surface area contributed by atoms with Crippen LogP contribution in [0.5, 0.6) is 0 Å². The molecule has 7 nitrogen and oxygen atoms in total. The van der Waals surface area contributed by atoms with Crippen LogP contribution in [-0.4, -0.2) is 69.9 Å². The van der Waals surface area contributed by atoms with Crippen LogP contribution in [0.3, 0.4) is 0 Å². The normalized spacial score (nSPS) is 31.1. The van der Waals surface area contributed by atoms with Crippen molar-refractivity contribution in [2.75, 3.05) is 19.7 Å². The fourth-order valence-corrected chi connectivity index (χ4v) is 6.10. The highest BCUT2D eigenvalue weighted by Crippen LogP contribution is 2.41. The summed E-state index contributed by atoms with van der Waals surface area (Å²) in [6.07, 6.45) is 4.16. The van der Waals surface area contributed by atoms with Crippen LogP contribution in [0.15, 0.2) is 30.3 Å². The van der Waals surface area contributed by atoms with Gasteiger partial charge in [-0.25, -0.2) is 0 Å². The molecule has 2 aliphatic heterocycles. The molecular formula is C28H40N2O5. The standard InChI is InChI=1S/C28H40N2O5/c1-19(2)22-13-12-20(3)28(34,16-22)25(31)27(33)30-23-10-7-11-24(30)26(32)29(17-23)14-15-35-18-21-8-5-4-6-9-21/h4-6,8-9,19-20,22-24,34H,7,10-18H2,1-3H3/t20-,22-,23?,24?,28+/m1/s1. The fourth-order valence-electron chi connectivity index (χ4n) is 6.10. The molecule has 5 atom stereocenters. The lowest BCUT2D eigenvalue weighted by Gasteiger charge is -2.50. The van der Waals surface area contributed by atoms with Crippen molar-refractivity contribution in [2.45, 2.75) is 83.6 Å². The summed E-state index contributed by atoms with van der Waals surface area (Å²) in [7, 11) is 0. The SMILES string of the molecule is CC(C)[C@@H]1CC[C@@H](C)[C@](O)(C(=O)C(=O)N2C3CCCC2C(=O)N(CCOCc2ccccc2)C3)C1. The highest BCUT2D eigenvalue weighted by atomic mass is 16.5. The number of benzene rings is 1. The first-order valence-corrected chi connectivity index (χ1v) is 13.2. The van der Waals surface area contributed by atoms with E-state index in [0.29, 0.717) is 45.1 Å². The van der Waals surface area contributed by atoms with Gasteiger partial charge in [0.05, 0.1) is 19.3 Å². The van der Waals surface area contributed by atoms with Gasteiger partial charge < -0.3 is 19.6 Å². The van der Waals surface area contributed by atoms with E-state index in [1.165, 1.54) is 4.90 Å². The zero-order valence-corrected chi connectivity index (χ0v) is 21.3. The predicted octanol–water partition coefficient (Wildman–Crippen LogP) is 3.19. The van der Waals surface area contributed by atoms with Crippen LogP contribution in [0, 0.1) is 17.8 Å². The number of amides is 2. The molecule has 3 fully saturated rings. The van der Waals surface area contributed by atoms with Gasteiger partial charge in [0.15, 0.2) is 0 Å². The van der Waals surface area contributed by atoms with Crippen molar-refractivity contribution in [3.63, 3.8) is 0 Å². The molecule has 0 spiro atoms. The molecule has 7 heteroatoms. The number of carbonyl (C=O) groups is 3. The highest BCUT2D eigenvalue weighted by Gasteiger charge is 2.54. The third-order valence-corrected chi connectivity index (χ3v) is 8.51. The number of rotatable bonds is 8. The summed E-state index contributed by atoms with van der Waals surface area (Å²) < 4.78 is 5.78. The minimum absolute atomic E-state index is 0.117. The van der Waals surface area contributed by atoms with Crippen LogP contribution in [-0.2, 0) is 25.7 Å². The molecule has 1 N–H and O–H groups in total. The molecule has 0 radical (unpaired) electrons. The number of hydrogen-bond donors (Lipinski definition) is 1. The third kappa shape index (κ3) is 5.31. The van der Waals surface area contributed by atoms with Gasteiger partial charge in [0, 0.05) is 13.1 Å². The summed E-state index contributed by atoms with van der Waals surface area (Å²) in [5.41, 5.74) is -0.566. The van der Waals surface area contributed by atoms with E-state index in [1.807, 2.05) is 37.3 Å². The van der Waals surface area contributed by atoms with E-state index in [1.54, 1.807) is 4.90 Å². The molecule has 1 saturated carbocycles. The van der Waals surface area contributed by atoms with Gasteiger partial charge in [-0.15, -0.1) is 0 Å². The lowest BCUT2D eigenvalue weighted by molar-refractivity contribution is -0.172. The average Bonchev–Trinajstić information content (AvgIpc) is 2.85. The van der Waals surface area contributed by atoms with Crippen molar-refractivity contribution < 1.29 is 24.2 Å². The summed E-state index contributed by atoms with van der Waals surface area (Å²) in [5, 5.41) is 11.4. The Balaban J connectivity index is 1.40. The molecular weight excluding hydrogens is 444 g/mol. The Bertz CT molecular complexity index is 919. The molecule has 2 bridgehead atoms. The second-order valence-corrected chi connectivity index (χ2v) is 11.1. The van der Waals surface area contributed by atoms with Crippen LogP contribution in [0.4, 0.5) is 0 Å². The number of likely N-dealkylation sites (tertiary alicyclic amines) is 1. The molecule has 2 unspecified atom stereocenters. The van der Waals surface area contributed by atoms with Gasteiger partial charge in [-0.1, -0.05) is 51.1 Å². The van der Waals surface area contributed by atoms with Crippen molar-refractivity contribution in [2.24, 2.45) is 17.8 Å². The molecule has 4 rings (SSSR count). The predicted molar refractivity (Wildman–Crippen MR) is 132 cm³/mol. The van der Waals surface area contributed by atoms with Gasteiger partial charge in [-0.3, -0.25) is 14.4 Å². The number of Topliss-reactive ketones (excluding diaryl/α,β-unsaturated/α-hetero) is 1. The fraction of sp³-hybridized carbons (Fsp3) is 0.679. The van der Waals surface area contributed by atoms with E-state index in [2.05, 4.69) is 13.8 Å². The first-order chi connectivity index (χ1) is 16.7. The molecule has 0 aromatic heterocycles. The van der Waals surface area contributed by atoms with Gasteiger partial charge in [0.1, 0.15) is 11.6 Å². The van der Waals surface area contributed by atoms with Crippen molar-refractivity contribution >= 4 is 17.6 Å². The van der Waals surface area contributed by atoms with E-state index in [-0.39, 0.29) is 23.8 Å². The Morgan fingerprint density at radius 2 is 1.89 bits per heavy atom. The molecule has 1 aromatic rings. The summed E-state index contributed by atoms with van der Waals surface area (Å²) >= 11 is 0. The Morgan fingerprint density at radius 1 is 1.14 bits per heavy atom. The summed E-state index contributed by atoms with van der Waals surface area (Å²) in [6.45, 7) is 7.83. The van der Waals surface area contributed by atoms with Crippen molar-refractivity contribution in [3.05, 3.63) is 35.9 Å². The molecule has 2 amide bonds. The molecule has 192 valence electrons. The van der Waals surface area contributed by atoms with Gasteiger partial charge in [0.25, 0.3) is 11.7 Å². The number of aliphatic hydroxyl groups is 1. The van der Waals surface area contributed by atoms with Crippen LogP contribution in [0.25, 0.3) is 0 Å². The van der Waals surface area contributed by atoms with E-state index in [0.717, 1.165) is 31.2 Å². The molecule has 2 saturated heterocycles. The van der Waals surface area contributed by atoms with E-state index >= 15 is 0 Å². The Morgan fingerprint density at radius 3 is 2.60 bits per heavy atom. The number of fused-ring (bicyclic) bond motifs is 2. The molecule has 1 aromatic carbocycles. The Hall–Kier alpha value is -2.25. The van der Waals surface area contributed by atoms with Crippen LogP contribution < -0.4 is 0 Å². The number of nitrogens with zero attached hydrogens (tertiary/aromatic N) is 2. The maximum atomic E-state index is 13.5. The Kier molecular flexibility index (Phi) is 7.96. The number of carbonyl (C=O) groups excluding carboxylic acids is 3. The maximum Gasteiger partial charge on any atom is 0.294 e. The first-order valence-electron chi connectivity index (χ1n) is 13.2. The van der Waals surface area contributed by atoms with Crippen LogP contribution >= 0.6 is 0 Å². The highest BCUT2D eigenvalue weighted by molar-refractivity contribution is 6.39. The average molecular weight is 485 g/mol. The second kappa shape index (κ2) is 10.8. The smallest absolute Gasteiger partial charge is 0.294 e. The summed E-state index contributed by atoms with van der Waals surface area (Å²) in [6, 6.07) is 9.07. The number of piperazine rings is 1. The molecule has 2 heterocycles. The van der Waals surface area contributed by atoms with E-state index in [4.69, 9.17) is 4.74 Å². The van der Waals surface area contributed by atoms with E-state index in [9.17, 15) is 19.5 Å². The van der Waals surface area contributed by atoms with E-state index < -0.39 is 23.3 Å². The van der Waals surface area contributed by atoms with Crippen molar-refractivity contribution in [1.82, 2.24) is 9.80 Å². The van der Waals surface area contributed by atoms with Gasteiger partial charge in [0.2, 0.25) is 5.91 Å². The minimum Gasteiger partial charge on any atom is -0.381 e. The number of hydrogen-bond acceptors (Lipinski definition) is 5. The lowest BCUT2D eigenvalue weighted by atomic mass is 9.66. The zero-order chi connectivity index (χ0) is 25.2. The minimum atomic E-state index is -1.65. The zero-order valence-electron chi connectivity index (χ0n) is 21.3. The van der Waals surface area contributed by atoms with Crippen molar-refractivity contribution in [1.29, 1.82) is 0 Å². The Labute approximate surface area is 208 Å². The van der Waals surface area contributed by atoms with Crippen LogP contribution in [0.1, 0.15) is 64.9 Å². The van der Waals surface area contributed by atoms with Crippen molar-refractivity contribution in [3.8, 4) is 0 Å². The van der Waals surface area contributed by atoms with Gasteiger partial charge >= 0.3 is 0 Å². The van der Waals surface area contributed by atoms with Crippen LogP contribution in [0.2, 0.25) is 0 Å². The summed E-state index contributed by atoms with van der Waals surface area (Å²) in [4.78, 5) is 43.6. The number of piperidine rings is 1. The number of ether oxygens (including phenoxy) is 1. The summed E-state index contributed by atoms with van der Waals surface area (Å²) in [5.74, 6) is -1.24. The largest absolute Gasteiger partial charge is 0.381 e. The van der Waals surface area contributed by atoms with Gasteiger partial charge in [-0.2, -0.15) is 0 Å². The lowest BCUT2D eigenvalue weighted by Crippen LogP contribution is -2.68. The third-order valence-electron chi connectivity index (χ3n) is 8.51. The molecule has 1 aliphatic carbocycles. The first kappa shape index (κ1) is 25.8. The monoisotopic (exact) mass is 484 g/mol. The number of ketones is 1. The van der Waals surface area contributed by atoms with Gasteiger partial charge in [-0.05, 0) is 61.8 Å². The maximum absolute atomic E-state index is 13.5. The topological polar surface area (TPSA) is 87.2 Å². The molecule has 35 heavy (non-hydrogen) atoms. The second-order valence-electron chi connectivity index (χ2n) is 11.1. The molecule has 3 aliphatic rings. The quantitative estimate of drug-likeness (QED) is 0.452.